The summed E-state index contributed by atoms with van der Waals surface area (Å²) in [6.45, 7) is 0. The molecular formula is C23H14ClF4N3. The minimum atomic E-state index is -4.53. The standard InChI is InChI=1S/C23H14ClF4N3/c24-18-2-1-3-19-21(18)17(12-29-19)22(23(26,27)28)13-4-9-20-14(10-13)11-30-31(20)16-7-5-15(25)6-8-16/h1-12,22,29H. The van der Waals surface area contributed by atoms with Crippen LogP contribution in [0.5, 0.6) is 0 Å². The first-order valence-corrected chi connectivity index (χ1v) is 9.76. The van der Waals surface area contributed by atoms with Crippen LogP contribution < -0.4 is 0 Å². The van der Waals surface area contributed by atoms with Gasteiger partial charge in [0, 0.05) is 22.5 Å². The highest BCUT2D eigenvalue weighted by Crippen LogP contribution is 2.44. The molecule has 1 atom stereocenters. The molecule has 0 fully saturated rings. The number of rotatable bonds is 3. The third-order valence-corrected chi connectivity index (χ3v) is 5.64. The van der Waals surface area contributed by atoms with E-state index in [9.17, 15) is 17.6 Å². The van der Waals surface area contributed by atoms with Crippen molar-refractivity contribution in [2.24, 2.45) is 0 Å². The second-order valence-electron chi connectivity index (χ2n) is 7.23. The van der Waals surface area contributed by atoms with Crippen LogP contribution in [-0.4, -0.2) is 20.9 Å². The number of fused-ring (bicyclic) bond motifs is 2. The van der Waals surface area contributed by atoms with E-state index in [1.807, 2.05) is 0 Å². The Morgan fingerprint density at radius 3 is 2.52 bits per heavy atom. The number of hydrogen-bond acceptors (Lipinski definition) is 1. The molecule has 156 valence electrons. The topological polar surface area (TPSA) is 33.6 Å². The van der Waals surface area contributed by atoms with Crippen molar-refractivity contribution >= 4 is 33.4 Å². The summed E-state index contributed by atoms with van der Waals surface area (Å²) in [5.41, 5.74) is 1.92. The molecule has 2 heterocycles. The second-order valence-corrected chi connectivity index (χ2v) is 7.64. The fraction of sp³-hybridized carbons (Fsp3) is 0.0870. The maximum Gasteiger partial charge on any atom is 0.399 e. The van der Waals surface area contributed by atoms with Crippen molar-refractivity contribution in [3.8, 4) is 5.69 Å². The fourth-order valence-corrected chi connectivity index (χ4v) is 4.24. The Kier molecular flexibility index (Phi) is 4.51. The van der Waals surface area contributed by atoms with Crippen molar-refractivity contribution in [3.05, 3.63) is 95.0 Å². The van der Waals surface area contributed by atoms with E-state index in [0.717, 1.165) is 0 Å². The van der Waals surface area contributed by atoms with E-state index >= 15 is 0 Å². The van der Waals surface area contributed by atoms with E-state index in [2.05, 4.69) is 10.1 Å². The van der Waals surface area contributed by atoms with Gasteiger partial charge >= 0.3 is 6.18 Å². The normalized spacial score (nSPS) is 13.2. The molecule has 0 saturated carbocycles. The van der Waals surface area contributed by atoms with Crippen LogP contribution in [0.3, 0.4) is 0 Å². The Morgan fingerprint density at radius 2 is 1.77 bits per heavy atom. The number of alkyl halides is 3. The molecule has 0 bridgehead atoms. The van der Waals surface area contributed by atoms with Gasteiger partial charge in [-0.1, -0.05) is 23.7 Å². The molecule has 3 nitrogen and oxygen atoms in total. The molecule has 0 radical (unpaired) electrons. The first-order chi connectivity index (χ1) is 14.8. The van der Waals surface area contributed by atoms with Gasteiger partial charge in [0.25, 0.3) is 0 Å². The van der Waals surface area contributed by atoms with Gasteiger partial charge < -0.3 is 4.98 Å². The molecular weight excluding hydrogens is 430 g/mol. The van der Waals surface area contributed by atoms with E-state index in [1.54, 1.807) is 41.1 Å². The van der Waals surface area contributed by atoms with Crippen molar-refractivity contribution in [2.75, 3.05) is 0 Å². The van der Waals surface area contributed by atoms with Crippen molar-refractivity contribution in [1.29, 1.82) is 0 Å². The Labute approximate surface area is 178 Å². The number of nitrogens with zero attached hydrogens (tertiary/aromatic N) is 2. The predicted molar refractivity (Wildman–Crippen MR) is 112 cm³/mol. The second kappa shape index (κ2) is 7.13. The van der Waals surface area contributed by atoms with Crippen LogP contribution in [0.4, 0.5) is 17.6 Å². The number of hydrogen-bond donors (Lipinski definition) is 1. The average molecular weight is 444 g/mol. The molecule has 1 N–H and O–H groups in total. The number of benzene rings is 3. The number of H-pyrrole nitrogens is 1. The van der Waals surface area contributed by atoms with Gasteiger partial charge in [-0.15, -0.1) is 0 Å². The lowest BCUT2D eigenvalue weighted by Crippen LogP contribution is -2.21. The van der Waals surface area contributed by atoms with E-state index in [4.69, 9.17) is 11.6 Å². The monoisotopic (exact) mass is 443 g/mol. The van der Waals surface area contributed by atoms with Crippen molar-refractivity contribution in [1.82, 2.24) is 14.8 Å². The molecule has 1 unspecified atom stereocenters. The molecule has 31 heavy (non-hydrogen) atoms. The van der Waals surface area contributed by atoms with Gasteiger partial charge in [-0.05, 0) is 59.7 Å². The minimum Gasteiger partial charge on any atom is -0.361 e. The number of nitrogens with one attached hydrogen (secondary N) is 1. The lowest BCUT2D eigenvalue weighted by Gasteiger charge is -2.21. The number of aromatic nitrogens is 3. The summed E-state index contributed by atoms with van der Waals surface area (Å²) in [4.78, 5) is 2.89. The zero-order valence-electron chi connectivity index (χ0n) is 15.8. The zero-order chi connectivity index (χ0) is 21.8. The molecule has 0 amide bonds. The van der Waals surface area contributed by atoms with E-state index in [0.29, 0.717) is 27.5 Å². The van der Waals surface area contributed by atoms with Crippen LogP contribution in [0.1, 0.15) is 17.0 Å². The third-order valence-electron chi connectivity index (χ3n) is 5.32. The van der Waals surface area contributed by atoms with Crippen LogP contribution in [0.2, 0.25) is 5.02 Å². The van der Waals surface area contributed by atoms with Gasteiger partial charge in [0.1, 0.15) is 11.7 Å². The van der Waals surface area contributed by atoms with Gasteiger partial charge in [-0.3, -0.25) is 0 Å². The molecule has 0 aliphatic rings. The minimum absolute atomic E-state index is 0.0679. The van der Waals surface area contributed by atoms with Crippen molar-refractivity contribution in [3.63, 3.8) is 0 Å². The first kappa shape index (κ1) is 19.6. The lowest BCUT2D eigenvalue weighted by atomic mass is 9.89. The number of aromatic amines is 1. The quantitative estimate of drug-likeness (QED) is 0.299. The summed E-state index contributed by atoms with van der Waals surface area (Å²) in [6.07, 6.45) is -1.67. The van der Waals surface area contributed by atoms with Crippen LogP contribution in [-0.2, 0) is 0 Å². The summed E-state index contributed by atoms with van der Waals surface area (Å²) in [5, 5.41) is 5.43. The first-order valence-electron chi connectivity index (χ1n) is 9.39. The predicted octanol–water partition coefficient (Wildman–Crippen LogP) is 6.99. The molecule has 8 heteroatoms. The maximum atomic E-state index is 14.2. The smallest absolute Gasteiger partial charge is 0.361 e. The Bertz CT molecular complexity index is 1400. The fourth-order valence-electron chi connectivity index (χ4n) is 3.96. The van der Waals surface area contributed by atoms with E-state index in [1.165, 1.54) is 36.7 Å². The Morgan fingerprint density at radius 1 is 1.00 bits per heavy atom. The molecule has 5 aromatic rings. The largest absolute Gasteiger partial charge is 0.399 e. The highest BCUT2D eigenvalue weighted by atomic mass is 35.5. The summed E-state index contributed by atoms with van der Waals surface area (Å²) in [5.74, 6) is -2.24. The van der Waals surface area contributed by atoms with Crippen molar-refractivity contribution in [2.45, 2.75) is 12.1 Å². The van der Waals surface area contributed by atoms with Crippen LogP contribution >= 0.6 is 11.6 Å². The SMILES string of the molecule is Fc1ccc(-n2ncc3cc(C(c4c[nH]c5cccc(Cl)c45)C(F)(F)F)ccc32)cc1. The van der Waals surface area contributed by atoms with Gasteiger partial charge in [0.2, 0.25) is 0 Å². The number of halogens is 5. The van der Waals surface area contributed by atoms with Gasteiger partial charge in [-0.2, -0.15) is 18.3 Å². The molecule has 0 saturated heterocycles. The Hall–Kier alpha value is -3.32. The Balaban J connectivity index is 1.65. The molecule has 0 aliphatic carbocycles. The molecule has 0 aliphatic heterocycles. The van der Waals surface area contributed by atoms with Gasteiger partial charge in [0.15, 0.2) is 0 Å². The highest BCUT2D eigenvalue weighted by molar-refractivity contribution is 6.35. The highest BCUT2D eigenvalue weighted by Gasteiger charge is 2.43. The van der Waals surface area contributed by atoms with Crippen LogP contribution in [0, 0.1) is 5.82 Å². The molecule has 5 rings (SSSR count). The van der Waals surface area contributed by atoms with Gasteiger partial charge in [-0.25, -0.2) is 9.07 Å². The lowest BCUT2D eigenvalue weighted by molar-refractivity contribution is -0.140. The molecule has 2 aromatic heterocycles. The third kappa shape index (κ3) is 3.35. The summed E-state index contributed by atoms with van der Waals surface area (Å²) in [7, 11) is 0. The summed E-state index contributed by atoms with van der Waals surface area (Å²) in [6, 6.07) is 15.2. The van der Waals surface area contributed by atoms with Crippen LogP contribution in [0.25, 0.3) is 27.5 Å². The van der Waals surface area contributed by atoms with Crippen LogP contribution in [0.15, 0.2) is 73.1 Å². The zero-order valence-corrected chi connectivity index (χ0v) is 16.5. The van der Waals surface area contributed by atoms with E-state index in [-0.39, 0.29) is 22.0 Å². The average Bonchev–Trinajstić information content (AvgIpc) is 3.33. The molecule has 3 aromatic carbocycles. The molecule has 0 spiro atoms. The van der Waals surface area contributed by atoms with E-state index < -0.39 is 12.1 Å². The van der Waals surface area contributed by atoms with Gasteiger partial charge in [0.05, 0.1) is 22.4 Å². The summed E-state index contributed by atoms with van der Waals surface area (Å²) >= 11 is 6.24. The van der Waals surface area contributed by atoms with Crippen molar-refractivity contribution < 1.29 is 17.6 Å². The maximum absolute atomic E-state index is 14.2. The summed E-state index contributed by atoms with van der Waals surface area (Å²) < 4.78 is 57.5.